The molecule has 2 amide bonds. The van der Waals surface area contributed by atoms with E-state index in [0.29, 0.717) is 12.4 Å². The molecule has 1 saturated heterocycles. The summed E-state index contributed by atoms with van der Waals surface area (Å²) in [4.78, 5) is 16.1. The maximum atomic E-state index is 12.4. The number of amides is 2. The normalized spacial score (nSPS) is 18.4. The van der Waals surface area contributed by atoms with Gasteiger partial charge >= 0.3 is 6.03 Å². The first-order chi connectivity index (χ1) is 10.1. The highest BCUT2D eigenvalue weighted by Gasteiger charge is 2.27. The summed E-state index contributed by atoms with van der Waals surface area (Å²) in [7, 11) is 0. The summed E-state index contributed by atoms with van der Waals surface area (Å²) in [6.45, 7) is 8.78. The Kier molecular flexibility index (Phi) is 5.36. The highest BCUT2D eigenvalue weighted by atomic mass is 16.5. The number of urea groups is 1. The molecule has 21 heavy (non-hydrogen) atoms. The van der Waals surface area contributed by atoms with E-state index in [1.54, 1.807) is 0 Å². The fourth-order valence-electron chi connectivity index (χ4n) is 2.52. The third-order valence-electron chi connectivity index (χ3n) is 3.74. The molecule has 0 N–H and O–H groups in total. The molecule has 1 aromatic rings. The summed E-state index contributed by atoms with van der Waals surface area (Å²) >= 11 is 0. The van der Waals surface area contributed by atoms with E-state index in [2.05, 4.69) is 10.2 Å². The van der Waals surface area contributed by atoms with Gasteiger partial charge in [-0.05, 0) is 39.7 Å². The van der Waals surface area contributed by atoms with Gasteiger partial charge in [-0.2, -0.15) is 5.10 Å². The zero-order valence-corrected chi connectivity index (χ0v) is 13.1. The van der Waals surface area contributed by atoms with Crippen molar-refractivity contribution in [3.63, 3.8) is 0 Å². The fourth-order valence-corrected chi connectivity index (χ4v) is 2.52. The van der Waals surface area contributed by atoms with E-state index in [1.165, 1.54) is 0 Å². The first kappa shape index (κ1) is 15.5. The molecule has 0 aliphatic carbocycles. The van der Waals surface area contributed by atoms with Gasteiger partial charge in [-0.25, -0.2) is 4.79 Å². The Morgan fingerprint density at radius 1 is 1.38 bits per heavy atom. The van der Waals surface area contributed by atoms with Crippen molar-refractivity contribution in [3.8, 4) is 5.88 Å². The maximum Gasteiger partial charge on any atom is 0.320 e. The maximum absolute atomic E-state index is 12.4. The number of nitrogens with zero attached hydrogens (tertiary/aromatic N) is 4. The van der Waals surface area contributed by atoms with Crippen molar-refractivity contribution in [2.45, 2.75) is 39.7 Å². The highest BCUT2D eigenvalue weighted by molar-refractivity contribution is 5.74. The van der Waals surface area contributed by atoms with Gasteiger partial charge < -0.3 is 14.5 Å². The molecule has 116 valence electrons. The molecule has 1 atom stereocenters. The number of likely N-dealkylation sites (tertiary alicyclic amines) is 1. The third kappa shape index (κ3) is 4.06. The van der Waals surface area contributed by atoms with Crippen LogP contribution in [0.5, 0.6) is 5.88 Å². The van der Waals surface area contributed by atoms with Crippen molar-refractivity contribution < 1.29 is 9.53 Å². The Morgan fingerprint density at radius 3 is 2.76 bits per heavy atom. The summed E-state index contributed by atoms with van der Waals surface area (Å²) in [5, 5.41) is 8.01. The highest BCUT2D eigenvalue weighted by Crippen LogP contribution is 2.17. The van der Waals surface area contributed by atoms with Crippen molar-refractivity contribution in [2.75, 3.05) is 26.2 Å². The van der Waals surface area contributed by atoms with Crippen LogP contribution in [0.25, 0.3) is 0 Å². The topological polar surface area (TPSA) is 58.6 Å². The van der Waals surface area contributed by atoms with Gasteiger partial charge in [0.25, 0.3) is 0 Å². The zero-order chi connectivity index (χ0) is 15.2. The lowest BCUT2D eigenvalue weighted by atomic mass is 10.1. The van der Waals surface area contributed by atoms with Gasteiger partial charge in [0.05, 0.1) is 12.2 Å². The first-order valence-electron chi connectivity index (χ1n) is 7.64. The summed E-state index contributed by atoms with van der Waals surface area (Å²) in [5.74, 6) is 0.530. The summed E-state index contributed by atoms with van der Waals surface area (Å²) < 4.78 is 5.85. The number of carbonyl (C=O) groups is 1. The second-order valence-electron chi connectivity index (χ2n) is 5.30. The molecule has 6 nitrogen and oxygen atoms in total. The SMILES string of the molecule is CCN(CC)C(=O)N1CCCC(Oc2ccc(C)nn2)C1. The largest absolute Gasteiger partial charge is 0.471 e. The third-order valence-corrected chi connectivity index (χ3v) is 3.74. The van der Waals surface area contributed by atoms with Gasteiger partial charge in [0.15, 0.2) is 0 Å². The van der Waals surface area contributed by atoms with Gasteiger partial charge in [-0.1, -0.05) is 0 Å². The molecule has 0 radical (unpaired) electrons. The number of piperidine rings is 1. The minimum Gasteiger partial charge on any atom is -0.471 e. The smallest absolute Gasteiger partial charge is 0.320 e. The van der Waals surface area contributed by atoms with E-state index < -0.39 is 0 Å². The number of hydrogen-bond acceptors (Lipinski definition) is 4. The minimum atomic E-state index is -0.00438. The standard InChI is InChI=1S/C15H24N4O2/c1-4-18(5-2)15(20)19-10-6-7-13(11-19)21-14-9-8-12(3)16-17-14/h8-9,13H,4-7,10-11H2,1-3H3. The van der Waals surface area contributed by atoms with Crippen molar-refractivity contribution in [1.29, 1.82) is 0 Å². The van der Waals surface area contributed by atoms with Gasteiger partial charge in [0.2, 0.25) is 5.88 Å². The predicted octanol–water partition coefficient (Wildman–Crippen LogP) is 2.09. The monoisotopic (exact) mass is 292 g/mol. The number of carbonyl (C=O) groups excluding carboxylic acids is 1. The second-order valence-corrected chi connectivity index (χ2v) is 5.30. The van der Waals surface area contributed by atoms with Crippen LogP contribution in [0.4, 0.5) is 4.79 Å². The Morgan fingerprint density at radius 2 is 2.14 bits per heavy atom. The van der Waals surface area contributed by atoms with Crippen molar-refractivity contribution in [2.24, 2.45) is 0 Å². The lowest BCUT2D eigenvalue weighted by molar-refractivity contribution is 0.0830. The molecule has 1 aliphatic rings. The summed E-state index contributed by atoms with van der Waals surface area (Å²) in [5.41, 5.74) is 0.865. The van der Waals surface area contributed by atoms with Gasteiger partial charge in [-0.3, -0.25) is 0 Å². The van der Waals surface area contributed by atoms with Crippen LogP contribution in [0.1, 0.15) is 32.4 Å². The van der Waals surface area contributed by atoms with Crippen LogP contribution < -0.4 is 4.74 Å². The lowest BCUT2D eigenvalue weighted by Gasteiger charge is -2.35. The first-order valence-corrected chi connectivity index (χ1v) is 7.64. The number of ether oxygens (including phenoxy) is 1. The Labute approximate surface area is 126 Å². The molecule has 2 rings (SSSR count). The Bertz CT molecular complexity index is 459. The molecular weight excluding hydrogens is 268 g/mol. The number of aromatic nitrogens is 2. The second kappa shape index (κ2) is 7.24. The minimum absolute atomic E-state index is 0.00438. The Balaban J connectivity index is 1.94. The number of hydrogen-bond donors (Lipinski definition) is 0. The molecule has 0 saturated carbocycles. The van der Waals surface area contributed by atoms with Gasteiger partial charge in [0, 0.05) is 25.7 Å². The van der Waals surface area contributed by atoms with E-state index in [9.17, 15) is 4.79 Å². The van der Waals surface area contributed by atoms with Crippen LogP contribution in [-0.2, 0) is 0 Å². The lowest BCUT2D eigenvalue weighted by Crippen LogP contribution is -2.50. The van der Waals surface area contributed by atoms with E-state index >= 15 is 0 Å². The molecule has 0 bridgehead atoms. The van der Waals surface area contributed by atoms with Gasteiger partial charge in [0.1, 0.15) is 6.10 Å². The van der Waals surface area contributed by atoms with E-state index in [-0.39, 0.29) is 12.1 Å². The molecule has 1 fully saturated rings. The molecule has 0 spiro atoms. The van der Waals surface area contributed by atoms with Crippen molar-refractivity contribution >= 4 is 6.03 Å². The number of aryl methyl sites for hydroxylation is 1. The van der Waals surface area contributed by atoms with Crippen LogP contribution >= 0.6 is 0 Å². The van der Waals surface area contributed by atoms with E-state index in [0.717, 1.165) is 38.2 Å². The van der Waals surface area contributed by atoms with Crippen LogP contribution in [0, 0.1) is 6.92 Å². The van der Waals surface area contributed by atoms with Crippen LogP contribution in [-0.4, -0.2) is 58.3 Å². The molecule has 1 unspecified atom stereocenters. The number of rotatable bonds is 4. The van der Waals surface area contributed by atoms with E-state index in [1.807, 2.05) is 42.7 Å². The predicted molar refractivity (Wildman–Crippen MR) is 80.3 cm³/mol. The summed E-state index contributed by atoms with van der Waals surface area (Å²) in [6, 6.07) is 3.81. The molecule has 6 heteroatoms. The fraction of sp³-hybridized carbons (Fsp3) is 0.667. The van der Waals surface area contributed by atoms with E-state index in [4.69, 9.17) is 4.74 Å². The molecule has 1 aliphatic heterocycles. The molecule has 2 heterocycles. The van der Waals surface area contributed by atoms with Crippen LogP contribution in [0.2, 0.25) is 0 Å². The molecular formula is C15H24N4O2. The average Bonchev–Trinajstić information content (AvgIpc) is 2.51. The molecule has 0 aromatic carbocycles. The van der Waals surface area contributed by atoms with Gasteiger partial charge in [-0.15, -0.1) is 5.10 Å². The van der Waals surface area contributed by atoms with Crippen molar-refractivity contribution in [3.05, 3.63) is 17.8 Å². The average molecular weight is 292 g/mol. The van der Waals surface area contributed by atoms with Crippen molar-refractivity contribution in [1.82, 2.24) is 20.0 Å². The zero-order valence-electron chi connectivity index (χ0n) is 13.1. The van der Waals surface area contributed by atoms with Crippen LogP contribution in [0.15, 0.2) is 12.1 Å². The molecule has 1 aromatic heterocycles. The summed E-state index contributed by atoms with van der Waals surface area (Å²) in [6.07, 6.45) is 1.89. The Hall–Kier alpha value is -1.85. The quantitative estimate of drug-likeness (QED) is 0.852. The van der Waals surface area contributed by atoms with Crippen LogP contribution in [0.3, 0.4) is 0 Å².